The number of rotatable bonds is 2. The molecule has 1 heterocycles. The maximum absolute atomic E-state index is 6.38. The van der Waals surface area contributed by atoms with Gasteiger partial charge in [0.15, 0.2) is 0 Å². The predicted octanol–water partition coefficient (Wildman–Crippen LogP) is 4.19. The van der Waals surface area contributed by atoms with Gasteiger partial charge in [0.1, 0.15) is 0 Å². The third-order valence-corrected chi connectivity index (χ3v) is 6.41. The van der Waals surface area contributed by atoms with Gasteiger partial charge in [-0.3, -0.25) is 0 Å². The summed E-state index contributed by atoms with van der Waals surface area (Å²) in [5, 5.41) is 2.10. The minimum Gasteiger partial charge on any atom is -0.323 e. The van der Waals surface area contributed by atoms with Crippen molar-refractivity contribution in [2.24, 2.45) is 22.5 Å². The van der Waals surface area contributed by atoms with Gasteiger partial charge >= 0.3 is 0 Å². The summed E-state index contributed by atoms with van der Waals surface area (Å²) in [4.78, 5) is 1.29. The molecule has 1 nitrogen and oxygen atoms in total. The second kappa shape index (κ2) is 3.31. The quantitative estimate of drug-likeness (QED) is 0.867. The fraction of sp³-hybridized carbons (Fsp3) is 0.667. The molecule has 3 heteroatoms. The van der Waals surface area contributed by atoms with Gasteiger partial charge in [0.2, 0.25) is 0 Å². The van der Waals surface area contributed by atoms with E-state index < -0.39 is 0 Å². The minimum absolute atomic E-state index is 0.171. The number of halogens is 1. The number of hydrogen-bond donors (Lipinski definition) is 1. The van der Waals surface area contributed by atoms with Gasteiger partial charge in [-0.15, -0.1) is 11.3 Å². The zero-order chi connectivity index (χ0) is 11.4. The lowest BCUT2D eigenvalue weighted by Crippen LogP contribution is -2.15. The Balaban J connectivity index is 2.26. The van der Waals surface area contributed by atoms with Gasteiger partial charge in [0, 0.05) is 15.4 Å². The van der Waals surface area contributed by atoms with Gasteiger partial charge < -0.3 is 5.73 Å². The molecule has 1 saturated carbocycles. The molecular weight excluding hydrogens is 270 g/mol. The fourth-order valence-corrected chi connectivity index (χ4v) is 4.52. The Hall–Kier alpha value is 0.140. The molecule has 2 rings (SSSR count). The second-order valence-electron chi connectivity index (χ2n) is 5.58. The maximum Gasteiger partial charge on any atom is 0.0440 e. The highest BCUT2D eigenvalue weighted by molar-refractivity contribution is 9.10. The van der Waals surface area contributed by atoms with Crippen LogP contribution in [0.4, 0.5) is 0 Å². The molecular formula is C12H18BrNS. The van der Waals surface area contributed by atoms with Crippen LogP contribution in [-0.2, 0) is 0 Å². The lowest BCUT2D eigenvalue weighted by Gasteiger charge is -2.12. The van der Waals surface area contributed by atoms with E-state index in [1.165, 1.54) is 9.35 Å². The molecule has 0 amide bonds. The monoisotopic (exact) mass is 287 g/mol. The van der Waals surface area contributed by atoms with E-state index in [-0.39, 0.29) is 6.04 Å². The third kappa shape index (κ3) is 1.51. The summed E-state index contributed by atoms with van der Waals surface area (Å²) >= 11 is 5.32. The van der Waals surface area contributed by atoms with E-state index in [1.807, 2.05) is 0 Å². The molecule has 1 atom stereocenters. The Bertz CT molecular complexity index is 367. The standard InChI is InChI=1S/C12H18BrNS/c1-11(2)10(12(11,3)4)8(14)9-7(13)5-6-15-9/h5-6,8,10H,14H2,1-4H3. The largest absolute Gasteiger partial charge is 0.323 e. The van der Waals surface area contributed by atoms with Crippen molar-refractivity contribution in [3.05, 3.63) is 20.8 Å². The maximum atomic E-state index is 6.38. The molecule has 1 aromatic heterocycles. The summed E-state index contributed by atoms with van der Waals surface area (Å²) < 4.78 is 1.17. The van der Waals surface area contributed by atoms with Crippen LogP contribution >= 0.6 is 27.3 Å². The van der Waals surface area contributed by atoms with Crippen LogP contribution < -0.4 is 5.73 Å². The molecule has 0 aromatic carbocycles. The van der Waals surface area contributed by atoms with Gasteiger partial charge in [0.25, 0.3) is 0 Å². The first-order valence-electron chi connectivity index (χ1n) is 5.28. The Kier molecular flexibility index (Phi) is 2.57. The average molecular weight is 288 g/mol. The molecule has 0 radical (unpaired) electrons. The van der Waals surface area contributed by atoms with Crippen LogP contribution in [0.3, 0.4) is 0 Å². The minimum atomic E-state index is 0.171. The van der Waals surface area contributed by atoms with E-state index >= 15 is 0 Å². The Morgan fingerprint density at radius 3 is 2.20 bits per heavy atom. The van der Waals surface area contributed by atoms with Crippen LogP contribution in [0, 0.1) is 16.7 Å². The molecule has 1 unspecified atom stereocenters. The number of hydrogen-bond acceptors (Lipinski definition) is 2. The molecule has 0 spiro atoms. The van der Waals surface area contributed by atoms with Gasteiger partial charge in [-0.25, -0.2) is 0 Å². The molecule has 0 saturated heterocycles. The molecule has 1 fully saturated rings. The fourth-order valence-electron chi connectivity index (χ4n) is 2.84. The SMILES string of the molecule is CC1(C)C(C(N)c2sccc2Br)C1(C)C. The lowest BCUT2D eigenvalue weighted by molar-refractivity contribution is 0.457. The van der Waals surface area contributed by atoms with Crippen LogP contribution in [0.5, 0.6) is 0 Å². The van der Waals surface area contributed by atoms with Crippen molar-refractivity contribution in [2.45, 2.75) is 33.7 Å². The van der Waals surface area contributed by atoms with E-state index in [0.29, 0.717) is 16.7 Å². The molecule has 1 aliphatic carbocycles. The number of nitrogens with two attached hydrogens (primary N) is 1. The molecule has 15 heavy (non-hydrogen) atoms. The molecule has 0 bridgehead atoms. The predicted molar refractivity (Wildman–Crippen MR) is 70.0 cm³/mol. The normalized spacial score (nSPS) is 25.2. The second-order valence-corrected chi connectivity index (χ2v) is 7.38. The van der Waals surface area contributed by atoms with Crippen LogP contribution in [0.15, 0.2) is 15.9 Å². The zero-order valence-corrected chi connectivity index (χ0v) is 12.1. The summed E-state index contributed by atoms with van der Waals surface area (Å²) in [6, 6.07) is 2.26. The first kappa shape index (κ1) is 11.6. The van der Waals surface area contributed by atoms with Gasteiger partial charge in [0.05, 0.1) is 0 Å². The van der Waals surface area contributed by atoms with Crippen LogP contribution in [0.25, 0.3) is 0 Å². The van der Waals surface area contributed by atoms with Crippen LogP contribution in [0.2, 0.25) is 0 Å². The smallest absolute Gasteiger partial charge is 0.0440 e. The summed E-state index contributed by atoms with van der Waals surface area (Å²) in [5.74, 6) is 0.583. The van der Waals surface area contributed by atoms with Gasteiger partial charge in [-0.2, -0.15) is 0 Å². The van der Waals surface area contributed by atoms with Gasteiger partial charge in [-0.05, 0) is 44.1 Å². The third-order valence-electron chi connectivity index (χ3n) is 4.44. The number of thiophene rings is 1. The van der Waals surface area contributed by atoms with E-state index in [0.717, 1.165) is 0 Å². The lowest BCUT2D eigenvalue weighted by atomic mass is 10.0. The van der Waals surface area contributed by atoms with E-state index in [9.17, 15) is 0 Å². The average Bonchev–Trinajstić information content (AvgIpc) is 2.48. The molecule has 1 aliphatic rings. The Labute approximate surface area is 104 Å². The first-order valence-corrected chi connectivity index (χ1v) is 6.96. The van der Waals surface area contributed by atoms with Crippen LogP contribution in [-0.4, -0.2) is 0 Å². The Morgan fingerprint density at radius 1 is 1.33 bits per heavy atom. The summed E-state index contributed by atoms with van der Waals surface area (Å²) in [6.07, 6.45) is 0. The van der Waals surface area contributed by atoms with E-state index in [2.05, 4.69) is 55.1 Å². The molecule has 2 N–H and O–H groups in total. The van der Waals surface area contributed by atoms with Crippen molar-refractivity contribution >= 4 is 27.3 Å². The first-order chi connectivity index (χ1) is 6.80. The van der Waals surface area contributed by atoms with Crippen molar-refractivity contribution in [1.82, 2.24) is 0 Å². The van der Waals surface area contributed by atoms with Crippen molar-refractivity contribution in [2.75, 3.05) is 0 Å². The summed E-state index contributed by atoms with van der Waals surface area (Å²) in [5.41, 5.74) is 7.09. The highest BCUT2D eigenvalue weighted by Crippen LogP contribution is 2.72. The Morgan fingerprint density at radius 2 is 1.87 bits per heavy atom. The highest BCUT2D eigenvalue weighted by atomic mass is 79.9. The van der Waals surface area contributed by atoms with Crippen molar-refractivity contribution in [1.29, 1.82) is 0 Å². The molecule has 84 valence electrons. The summed E-state index contributed by atoms with van der Waals surface area (Å²) in [7, 11) is 0. The van der Waals surface area contributed by atoms with E-state index in [1.54, 1.807) is 11.3 Å². The summed E-state index contributed by atoms with van der Waals surface area (Å²) in [6.45, 7) is 9.27. The molecule has 0 aliphatic heterocycles. The van der Waals surface area contributed by atoms with Crippen molar-refractivity contribution in [3.8, 4) is 0 Å². The van der Waals surface area contributed by atoms with E-state index in [4.69, 9.17) is 5.73 Å². The highest BCUT2D eigenvalue weighted by Gasteiger charge is 2.66. The molecule has 1 aromatic rings. The zero-order valence-electron chi connectivity index (χ0n) is 9.67. The van der Waals surface area contributed by atoms with Gasteiger partial charge in [-0.1, -0.05) is 27.7 Å². The van der Waals surface area contributed by atoms with Crippen LogP contribution in [0.1, 0.15) is 38.6 Å². The van der Waals surface area contributed by atoms with Crippen molar-refractivity contribution in [3.63, 3.8) is 0 Å². The van der Waals surface area contributed by atoms with Crippen molar-refractivity contribution < 1.29 is 0 Å². The topological polar surface area (TPSA) is 26.0 Å².